The Bertz CT molecular complexity index is 568. The molecule has 0 radical (unpaired) electrons. The minimum absolute atomic E-state index is 0.348. The first-order valence-corrected chi connectivity index (χ1v) is 7.71. The number of rotatable bonds is 4. The zero-order chi connectivity index (χ0) is 14.7. The lowest BCUT2D eigenvalue weighted by molar-refractivity contribution is 0.145. The van der Waals surface area contributed by atoms with E-state index in [0.29, 0.717) is 12.0 Å². The van der Waals surface area contributed by atoms with Gasteiger partial charge in [-0.05, 0) is 50.7 Å². The summed E-state index contributed by atoms with van der Waals surface area (Å²) in [4.78, 5) is 3.39. The van der Waals surface area contributed by atoms with Crippen LogP contribution in [0.3, 0.4) is 0 Å². The van der Waals surface area contributed by atoms with E-state index < -0.39 is 0 Å². The minimum atomic E-state index is 0.348. The number of methoxy groups -OCH3 is 1. The Balaban J connectivity index is 1.59. The van der Waals surface area contributed by atoms with E-state index in [9.17, 15) is 0 Å². The van der Waals surface area contributed by atoms with E-state index in [2.05, 4.69) is 11.9 Å². The Labute approximate surface area is 126 Å². The van der Waals surface area contributed by atoms with Gasteiger partial charge in [0.15, 0.2) is 0 Å². The van der Waals surface area contributed by atoms with Crippen molar-refractivity contribution in [1.29, 1.82) is 0 Å². The molecule has 1 aromatic heterocycles. The molecule has 0 atom stereocenters. The molecule has 21 heavy (non-hydrogen) atoms. The average Bonchev–Trinajstić information content (AvgIpc) is 2.90. The first kappa shape index (κ1) is 14.1. The number of ether oxygens (including phenoxy) is 2. The number of benzene rings is 1. The van der Waals surface area contributed by atoms with E-state index in [1.165, 1.54) is 24.1 Å². The maximum absolute atomic E-state index is 6.06. The van der Waals surface area contributed by atoms with Crippen LogP contribution < -0.4 is 9.47 Å². The molecule has 3 rings (SSSR count). The van der Waals surface area contributed by atoms with Crippen molar-refractivity contribution in [2.75, 3.05) is 7.11 Å². The van der Waals surface area contributed by atoms with Gasteiger partial charge in [0, 0.05) is 17.5 Å². The highest BCUT2D eigenvalue weighted by Gasteiger charge is 2.26. The smallest absolute Gasteiger partial charge is 0.139 e. The average molecular weight is 285 g/mol. The highest BCUT2D eigenvalue weighted by Crippen LogP contribution is 2.37. The lowest BCUT2D eigenvalue weighted by Crippen LogP contribution is -2.23. The maximum atomic E-state index is 6.06. The van der Waals surface area contributed by atoms with Gasteiger partial charge in [0.05, 0.1) is 13.2 Å². The van der Waals surface area contributed by atoms with Crippen molar-refractivity contribution in [3.8, 4) is 11.5 Å². The molecule has 1 aliphatic carbocycles. The van der Waals surface area contributed by atoms with Crippen molar-refractivity contribution in [2.24, 2.45) is 0 Å². The summed E-state index contributed by atoms with van der Waals surface area (Å²) in [6.07, 6.45) is 6.88. The van der Waals surface area contributed by atoms with Crippen LogP contribution >= 0.6 is 0 Å². The molecule has 3 nitrogen and oxygen atoms in total. The largest absolute Gasteiger partial charge is 0.495 e. The summed E-state index contributed by atoms with van der Waals surface area (Å²) in [7, 11) is 1.73. The van der Waals surface area contributed by atoms with Gasteiger partial charge in [-0.15, -0.1) is 0 Å². The van der Waals surface area contributed by atoms with Gasteiger partial charge in [0.2, 0.25) is 0 Å². The van der Waals surface area contributed by atoms with E-state index in [4.69, 9.17) is 9.47 Å². The van der Waals surface area contributed by atoms with Gasteiger partial charge < -0.3 is 14.5 Å². The Morgan fingerprint density at radius 3 is 2.38 bits per heavy atom. The molecule has 1 aliphatic rings. The molecule has 0 amide bonds. The van der Waals surface area contributed by atoms with Crippen LogP contribution in [0.5, 0.6) is 11.5 Å². The summed E-state index contributed by atoms with van der Waals surface area (Å²) in [5, 5.41) is 0. The molecule has 0 aliphatic heterocycles. The fourth-order valence-electron chi connectivity index (χ4n) is 3.29. The zero-order valence-electron chi connectivity index (χ0n) is 12.8. The molecule has 2 aromatic rings. The van der Waals surface area contributed by atoms with Crippen LogP contribution in [-0.4, -0.2) is 18.2 Å². The standard InChI is InChI=1S/C18H23NO2/c1-13-17(20-2)12-19-18(13)14-8-10-16(11-9-14)21-15-6-4-3-5-7-15/h3-7,12,14,16,19H,8-11H2,1-2H3. The van der Waals surface area contributed by atoms with Gasteiger partial charge in [-0.1, -0.05) is 18.2 Å². The Kier molecular flexibility index (Phi) is 4.18. The van der Waals surface area contributed by atoms with E-state index in [-0.39, 0.29) is 0 Å². The quantitative estimate of drug-likeness (QED) is 0.901. The lowest BCUT2D eigenvalue weighted by Gasteiger charge is -2.29. The molecule has 112 valence electrons. The lowest BCUT2D eigenvalue weighted by atomic mass is 9.84. The predicted molar refractivity (Wildman–Crippen MR) is 84.1 cm³/mol. The molecule has 1 N–H and O–H groups in total. The van der Waals surface area contributed by atoms with Crippen LogP contribution in [0, 0.1) is 6.92 Å². The van der Waals surface area contributed by atoms with Crippen molar-refractivity contribution in [1.82, 2.24) is 4.98 Å². The summed E-state index contributed by atoms with van der Waals surface area (Å²) in [5.41, 5.74) is 2.59. The van der Waals surface area contributed by atoms with Gasteiger partial charge in [-0.2, -0.15) is 0 Å². The topological polar surface area (TPSA) is 34.2 Å². The molecule has 1 aromatic carbocycles. The van der Waals surface area contributed by atoms with E-state index >= 15 is 0 Å². The summed E-state index contributed by atoms with van der Waals surface area (Å²) in [6, 6.07) is 10.1. The third-order valence-corrected chi connectivity index (χ3v) is 4.48. The predicted octanol–water partition coefficient (Wildman–Crippen LogP) is 4.44. The Hall–Kier alpha value is -1.90. The van der Waals surface area contributed by atoms with E-state index in [1.807, 2.05) is 36.5 Å². The number of hydrogen-bond donors (Lipinski definition) is 1. The minimum Gasteiger partial charge on any atom is -0.495 e. The first-order valence-electron chi connectivity index (χ1n) is 7.71. The molecular weight excluding hydrogens is 262 g/mol. The fourth-order valence-corrected chi connectivity index (χ4v) is 3.29. The van der Waals surface area contributed by atoms with Crippen LogP contribution in [0.25, 0.3) is 0 Å². The van der Waals surface area contributed by atoms with Gasteiger partial charge in [0.1, 0.15) is 11.5 Å². The molecule has 0 unspecified atom stereocenters. The van der Waals surface area contributed by atoms with Gasteiger partial charge >= 0.3 is 0 Å². The number of nitrogens with one attached hydrogen (secondary N) is 1. The summed E-state index contributed by atoms with van der Waals surface area (Å²) in [6.45, 7) is 2.14. The molecule has 1 heterocycles. The molecule has 0 spiro atoms. The highest BCUT2D eigenvalue weighted by molar-refractivity contribution is 5.37. The van der Waals surface area contributed by atoms with Crippen LogP contribution in [0.2, 0.25) is 0 Å². The molecule has 3 heteroatoms. The number of aromatic amines is 1. The van der Waals surface area contributed by atoms with E-state index in [0.717, 1.165) is 24.3 Å². The van der Waals surface area contributed by atoms with Crippen molar-refractivity contribution < 1.29 is 9.47 Å². The molecular formula is C18H23NO2. The third-order valence-electron chi connectivity index (χ3n) is 4.48. The number of aromatic nitrogens is 1. The number of hydrogen-bond acceptors (Lipinski definition) is 2. The van der Waals surface area contributed by atoms with Crippen LogP contribution in [0.15, 0.2) is 36.5 Å². The summed E-state index contributed by atoms with van der Waals surface area (Å²) >= 11 is 0. The maximum Gasteiger partial charge on any atom is 0.139 e. The third kappa shape index (κ3) is 3.07. The second kappa shape index (κ2) is 6.25. The van der Waals surface area contributed by atoms with Crippen molar-refractivity contribution in [3.63, 3.8) is 0 Å². The van der Waals surface area contributed by atoms with Crippen LogP contribution in [0.1, 0.15) is 42.9 Å². The molecule has 0 saturated heterocycles. The second-order valence-corrected chi connectivity index (χ2v) is 5.80. The van der Waals surface area contributed by atoms with Crippen molar-refractivity contribution in [3.05, 3.63) is 47.8 Å². The highest BCUT2D eigenvalue weighted by atomic mass is 16.5. The monoisotopic (exact) mass is 285 g/mol. The van der Waals surface area contributed by atoms with Crippen molar-refractivity contribution in [2.45, 2.75) is 44.6 Å². The SMILES string of the molecule is COc1c[nH]c(C2CCC(Oc3ccccc3)CC2)c1C. The molecule has 1 fully saturated rings. The van der Waals surface area contributed by atoms with Gasteiger partial charge in [-0.25, -0.2) is 0 Å². The number of para-hydroxylation sites is 1. The second-order valence-electron chi connectivity index (χ2n) is 5.80. The Morgan fingerprint density at radius 1 is 1.05 bits per heavy atom. The normalized spacial score (nSPS) is 22.0. The van der Waals surface area contributed by atoms with Gasteiger partial charge in [-0.3, -0.25) is 0 Å². The number of H-pyrrole nitrogens is 1. The molecule has 1 saturated carbocycles. The summed E-state index contributed by atoms with van der Waals surface area (Å²) in [5.74, 6) is 2.55. The molecule has 0 bridgehead atoms. The first-order chi connectivity index (χ1) is 10.3. The Morgan fingerprint density at radius 2 is 1.76 bits per heavy atom. The summed E-state index contributed by atoms with van der Waals surface area (Å²) < 4.78 is 11.4. The van der Waals surface area contributed by atoms with Crippen molar-refractivity contribution >= 4 is 0 Å². The van der Waals surface area contributed by atoms with Crippen LogP contribution in [0.4, 0.5) is 0 Å². The van der Waals surface area contributed by atoms with E-state index in [1.54, 1.807) is 7.11 Å². The fraction of sp³-hybridized carbons (Fsp3) is 0.444. The van der Waals surface area contributed by atoms with Gasteiger partial charge in [0.25, 0.3) is 0 Å². The zero-order valence-corrected chi connectivity index (χ0v) is 12.8. The van der Waals surface area contributed by atoms with Crippen LogP contribution in [-0.2, 0) is 0 Å².